The topological polar surface area (TPSA) is 65.2 Å². The minimum atomic E-state index is -0.810. The quantitative estimate of drug-likeness (QED) is 0.446. The lowest BCUT2D eigenvalue weighted by molar-refractivity contribution is 0.426. The first kappa shape index (κ1) is 8.05. The van der Waals surface area contributed by atoms with Crippen LogP contribution in [0.2, 0.25) is 0 Å². The molecule has 0 spiro atoms. The highest BCUT2D eigenvalue weighted by atomic mass is 16.3. The predicted octanol–water partition coefficient (Wildman–Crippen LogP) is 0.602. The highest BCUT2D eigenvalue weighted by Gasteiger charge is 2.15. The molecule has 0 aliphatic carbocycles. The Bertz CT molecular complexity index is 136. The Kier molecular flexibility index (Phi) is 2.82. The summed E-state index contributed by atoms with van der Waals surface area (Å²) in [4.78, 5) is 9.91. The minimum absolute atomic E-state index is 0.152. The van der Waals surface area contributed by atoms with E-state index >= 15 is 0 Å². The molecule has 9 heavy (non-hydrogen) atoms. The minimum Gasteiger partial charge on any atom is -0.278 e. The Morgan fingerprint density at radius 1 is 1.78 bits per heavy atom. The Labute approximate surface area is 53.8 Å². The van der Waals surface area contributed by atoms with Gasteiger partial charge in [-0.15, -0.1) is 4.91 Å². The van der Waals surface area contributed by atoms with Crippen molar-refractivity contribution >= 4 is 0 Å². The first-order valence-corrected chi connectivity index (χ1v) is 2.59. The molecule has 0 aliphatic heterocycles. The molecule has 4 heteroatoms. The Balaban J connectivity index is 3.61. The van der Waals surface area contributed by atoms with Crippen LogP contribution in [0.4, 0.5) is 0 Å². The summed E-state index contributed by atoms with van der Waals surface area (Å²) in [5.41, 5.74) is -0.810. The smallest absolute Gasteiger partial charge is 0.148 e. The van der Waals surface area contributed by atoms with Crippen LogP contribution >= 0.6 is 0 Å². The van der Waals surface area contributed by atoms with Gasteiger partial charge in [-0.2, -0.15) is 5.26 Å². The lowest BCUT2D eigenvalue weighted by Gasteiger charge is -2.13. The maximum Gasteiger partial charge on any atom is 0.148 e. The van der Waals surface area contributed by atoms with Gasteiger partial charge in [0.2, 0.25) is 0 Å². The van der Waals surface area contributed by atoms with E-state index in [1.807, 2.05) is 6.07 Å². The van der Waals surface area contributed by atoms with Crippen molar-refractivity contribution in [2.45, 2.75) is 19.5 Å². The third-order valence-electron chi connectivity index (χ3n) is 0.828. The molecule has 0 aliphatic rings. The number of rotatable bonds is 3. The molecule has 0 saturated heterocycles. The lowest BCUT2D eigenvalue weighted by Crippen LogP contribution is -2.36. The highest BCUT2D eigenvalue weighted by Crippen LogP contribution is 2.00. The van der Waals surface area contributed by atoms with E-state index in [4.69, 9.17) is 5.26 Å². The van der Waals surface area contributed by atoms with Crippen molar-refractivity contribution in [2.24, 2.45) is 5.18 Å². The van der Waals surface area contributed by atoms with Gasteiger partial charge < -0.3 is 0 Å². The van der Waals surface area contributed by atoms with E-state index in [-0.39, 0.29) is 6.54 Å². The second kappa shape index (κ2) is 3.15. The predicted molar refractivity (Wildman–Crippen MR) is 33.5 cm³/mol. The molecule has 0 heterocycles. The zero-order valence-corrected chi connectivity index (χ0v) is 5.51. The van der Waals surface area contributed by atoms with Crippen molar-refractivity contribution < 1.29 is 0 Å². The second-order valence-electron chi connectivity index (χ2n) is 2.16. The fourth-order valence-corrected chi connectivity index (χ4v) is 0.288. The largest absolute Gasteiger partial charge is 0.278 e. The first-order chi connectivity index (χ1) is 4.12. The van der Waals surface area contributed by atoms with Gasteiger partial charge >= 0.3 is 0 Å². The van der Waals surface area contributed by atoms with Crippen molar-refractivity contribution in [3.63, 3.8) is 0 Å². The van der Waals surface area contributed by atoms with E-state index in [1.54, 1.807) is 13.8 Å². The van der Waals surface area contributed by atoms with Gasteiger partial charge in [-0.3, -0.25) is 5.32 Å². The van der Waals surface area contributed by atoms with Crippen molar-refractivity contribution in [2.75, 3.05) is 6.54 Å². The Hall–Kier alpha value is -0.950. The van der Waals surface area contributed by atoms with Crippen molar-refractivity contribution in [1.29, 1.82) is 5.26 Å². The van der Waals surface area contributed by atoms with Gasteiger partial charge in [-0.1, -0.05) is 0 Å². The molecule has 4 nitrogen and oxygen atoms in total. The number of nitroso groups, excluding NO2 is 1. The van der Waals surface area contributed by atoms with Gasteiger partial charge in [-0.05, 0) is 19.0 Å². The average molecular weight is 127 g/mol. The number of nitriles is 1. The maximum absolute atomic E-state index is 9.91. The summed E-state index contributed by atoms with van der Waals surface area (Å²) in [6.07, 6.45) is 0. The summed E-state index contributed by atoms with van der Waals surface area (Å²) in [6.45, 7) is 3.37. The molecule has 0 amide bonds. The molecule has 0 bridgehead atoms. The fraction of sp³-hybridized carbons (Fsp3) is 0.800. The first-order valence-electron chi connectivity index (χ1n) is 2.59. The summed E-state index contributed by atoms with van der Waals surface area (Å²) in [7, 11) is 0. The lowest BCUT2D eigenvalue weighted by atomic mass is 10.3. The Morgan fingerprint density at radius 2 is 2.33 bits per heavy atom. The highest BCUT2D eigenvalue weighted by molar-refractivity contribution is 4.81. The van der Waals surface area contributed by atoms with Gasteiger partial charge in [-0.25, -0.2) is 0 Å². The van der Waals surface area contributed by atoms with E-state index < -0.39 is 5.66 Å². The maximum atomic E-state index is 9.91. The monoisotopic (exact) mass is 127 g/mol. The summed E-state index contributed by atoms with van der Waals surface area (Å²) < 4.78 is 0. The summed E-state index contributed by atoms with van der Waals surface area (Å²) in [5, 5.41) is 13.4. The van der Waals surface area contributed by atoms with E-state index in [0.717, 1.165) is 0 Å². The zero-order chi connectivity index (χ0) is 7.33. The molecule has 0 fully saturated rings. The third-order valence-corrected chi connectivity index (χ3v) is 0.828. The molecule has 0 rings (SSSR count). The number of nitrogens with zero attached hydrogens (tertiary/aromatic N) is 2. The molecule has 50 valence electrons. The van der Waals surface area contributed by atoms with E-state index in [9.17, 15) is 4.91 Å². The number of hydrogen-bond acceptors (Lipinski definition) is 4. The molecule has 0 saturated carbocycles. The SMILES string of the molecule is CC(C)(N=O)NCC#N. The standard InChI is InChI=1S/C5H9N3O/c1-5(2,8-9)7-4-3-6/h7H,4H2,1-2H3. The van der Waals surface area contributed by atoms with Crippen LogP contribution in [0, 0.1) is 16.2 Å². The summed E-state index contributed by atoms with van der Waals surface area (Å²) in [6, 6.07) is 1.85. The molecule has 1 N–H and O–H groups in total. The van der Waals surface area contributed by atoms with Gasteiger partial charge in [0.1, 0.15) is 5.66 Å². The molecule has 0 atom stereocenters. The molecule has 0 aromatic heterocycles. The molecule has 0 unspecified atom stereocenters. The van der Waals surface area contributed by atoms with Crippen molar-refractivity contribution in [3.05, 3.63) is 4.91 Å². The van der Waals surface area contributed by atoms with Crippen LogP contribution in [0.15, 0.2) is 5.18 Å². The van der Waals surface area contributed by atoms with E-state index in [0.29, 0.717) is 0 Å². The van der Waals surface area contributed by atoms with Crippen LogP contribution in [0.25, 0.3) is 0 Å². The van der Waals surface area contributed by atoms with Crippen LogP contribution in [-0.4, -0.2) is 12.2 Å². The number of nitrogens with one attached hydrogen (secondary N) is 1. The molecular weight excluding hydrogens is 118 g/mol. The van der Waals surface area contributed by atoms with Gasteiger partial charge in [0.25, 0.3) is 0 Å². The van der Waals surface area contributed by atoms with Gasteiger partial charge in [0.15, 0.2) is 0 Å². The second-order valence-corrected chi connectivity index (χ2v) is 2.16. The third kappa shape index (κ3) is 3.62. The molecule has 0 radical (unpaired) electrons. The van der Waals surface area contributed by atoms with Crippen molar-refractivity contribution in [1.82, 2.24) is 5.32 Å². The van der Waals surface area contributed by atoms with E-state index in [1.165, 1.54) is 0 Å². The van der Waals surface area contributed by atoms with Crippen LogP contribution in [-0.2, 0) is 0 Å². The van der Waals surface area contributed by atoms with Crippen LogP contribution in [0.1, 0.15) is 13.8 Å². The average Bonchev–Trinajstić information content (AvgIpc) is 1.84. The normalized spacial score (nSPS) is 10.3. The van der Waals surface area contributed by atoms with Crippen LogP contribution in [0.3, 0.4) is 0 Å². The molecule has 0 aromatic rings. The summed E-state index contributed by atoms with van der Waals surface area (Å²) in [5.74, 6) is 0. The van der Waals surface area contributed by atoms with Gasteiger partial charge in [0.05, 0.1) is 12.6 Å². The molecular formula is C5H9N3O. The van der Waals surface area contributed by atoms with E-state index in [2.05, 4.69) is 10.5 Å². The number of hydrogen-bond donors (Lipinski definition) is 1. The zero-order valence-electron chi connectivity index (χ0n) is 5.51. The molecule has 0 aromatic carbocycles. The Morgan fingerprint density at radius 3 is 2.67 bits per heavy atom. The summed E-state index contributed by atoms with van der Waals surface area (Å²) >= 11 is 0. The van der Waals surface area contributed by atoms with Gasteiger partial charge in [0, 0.05) is 0 Å². The van der Waals surface area contributed by atoms with Crippen LogP contribution < -0.4 is 5.32 Å². The van der Waals surface area contributed by atoms with Crippen LogP contribution in [0.5, 0.6) is 0 Å². The van der Waals surface area contributed by atoms with Crippen molar-refractivity contribution in [3.8, 4) is 6.07 Å². The fourth-order valence-electron chi connectivity index (χ4n) is 0.288.